The predicted octanol–water partition coefficient (Wildman–Crippen LogP) is 3.43. The minimum absolute atomic E-state index is 0.0739. The standard InChI is InChI=1S/C20H18N4O2/c1-14(19-10-16-6-2-3-8-18(16)26-19)20(25)22-11-15-5-4-7-17(9-15)24-13-21-12-23-24/h2-10,12-14H,11H2,1H3,(H,22,25)/t14-/m1/s1. The predicted molar refractivity (Wildman–Crippen MR) is 97.8 cm³/mol. The molecule has 0 saturated heterocycles. The lowest BCUT2D eigenvalue weighted by molar-refractivity contribution is -0.122. The third-order valence-electron chi connectivity index (χ3n) is 4.33. The van der Waals surface area contributed by atoms with Gasteiger partial charge in [-0.05, 0) is 36.8 Å². The molecule has 0 fully saturated rings. The number of amides is 1. The summed E-state index contributed by atoms with van der Waals surface area (Å²) in [5.74, 6) is 0.233. The summed E-state index contributed by atoms with van der Waals surface area (Å²) in [7, 11) is 0. The zero-order valence-electron chi connectivity index (χ0n) is 14.3. The lowest BCUT2D eigenvalue weighted by Gasteiger charge is -2.11. The van der Waals surface area contributed by atoms with Crippen molar-refractivity contribution < 1.29 is 9.21 Å². The van der Waals surface area contributed by atoms with Crippen LogP contribution in [-0.4, -0.2) is 20.7 Å². The highest BCUT2D eigenvalue weighted by atomic mass is 16.3. The molecule has 2 aromatic carbocycles. The van der Waals surface area contributed by atoms with E-state index in [4.69, 9.17) is 4.42 Å². The van der Waals surface area contributed by atoms with Gasteiger partial charge in [-0.2, -0.15) is 5.10 Å². The Kier molecular flexibility index (Phi) is 4.23. The number of hydrogen-bond acceptors (Lipinski definition) is 4. The van der Waals surface area contributed by atoms with E-state index in [1.807, 2.05) is 61.5 Å². The number of para-hydroxylation sites is 1. The van der Waals surface area contributed by atoms with E-state index in [2.05, 4.69) is 15.4 Å². The van der Waals surface area contributed by atoms with Crippen molar-refractivity contribution >= 4 is 16.9 Å². The van der Waals surface area contributed by atoms with Crippen LogP contribution in [0.25, 0.3) is 16.7 Å². The number of nitrogens with zero attached hydrogens (tertiary/aromatic N) is 3. The number of carbonyl (C=O) groups excluding carboxylic acids is 1. The van der Waals surface area contributed by atoms with Crippen LogP contribution in [0.5, 0.6) is 0 Å². The minimum Gasteiger partial charge on any atom is -0.460 e. The Morgan fingerprint density at radius 3 is 2.88 bits per heavy atom. The van der Waals surface area contributed by atoms with Crippen LogP contribution in [0, 0.1) is 0 Å². The number of hydrogen-bond donors (Lipinski definition) is 1. The van der Waals surface area contributed by atoms with Gasteiger partial charge in [-0.15, -0.1) is 0 Å². The van der Waals surface area contributed by atoms with Crippen LogP contribution in [0.1, 0.15) is 24.2 Å². The summed E-state index contributed by atoms with van der Waals surface area (Å²) in [5.41, 5.74) is 2.69. The molecule has 1 atom stereocenters. The molecule has 6 nitrogen and oxygen atoms in total. The Balaban J connectivity index is 1.44. The Hall–Kier alpha value is -3.41. The Morgan fingerprint density at radius 2 is 2.08 bits per heavy atom. The summed E-state index contributed by atoms with van der Waals surface area (Å²) in [6.07, 6.45) is 3.13. The fourth-order valence-corrected chi connectivity index (χ4v) is 2.84. The molecule has 4 rings (SSSR count). The number of rotatable bonds is 5. The van der Waals surface area contributed by atoms with E-state index in [-0.39, 0.29) is 11.8 Å². The Bertz CT molecular complexity index is 1000. The second kappa shape index (κ2) is 6.84. The van der Waals surface area contributed by atoms with Crippen LogP contribution in [0.15, 0.2) is 71.7 Å². The molecule has 0 radical (unpaired) electrons. The van der Waals surface area contributed by atoms with Gasteiger partial charge in [0.2, 0.25) is 5.91 Å². The lowest BCUT2D eigenvalue weighted by atomic mass is 10.1. The second-order valence-electron chi connectivity index (χ2n) is 6.14. The maximum atomic E-state index is 12.5. The smallest absolute Gasteiger partial charge is 0.230 e. The maximum Gasteiger partial charge on any atom is 0.230 e. The first-order valence-electron chi connectivity index (χ1n) is 8.41. The number of aromatic nitrogens is 3. The van der Waals surface area contributed by atoms with Crippen molar-refractivity contribution in [1.82, 2.24) is 20.1 Å². The third kappa shape index (κ3) is 3.21. The number of fused-ring (bicyclic) bond motifs is 1. The SMILES string of the molecule is C[C@@H](C(=O)NCc1cccc(-n2cncn2)c1)c1cc2ccccc2o1. The van der Waals surface area contributed by atoms with Gasteiger partial charge in [-0.3, -0.25) is 4.79 Å². The highest BCUT2D eigenvalue weighted by Crippen LogP contribution is 2.25. The number of benzene rings is 2. The highest BCUT2D eigenvalue weighted by Gasteiger charge is 2.19. The quantitative estimate of drug-likeness (QED) is 0.601. The van der Waals surface area contributed by atoms with Crippen LogP contribution < -0.4 is 5.32 Å². The molecule has 2 aromatic heterocycles. The van der Waals surface area contributed by atoms with Crippen molar-refractivity contribution in [3.05, 3.63) is 78.6 Å². The first-order chi connectivity index (χ1) is 12.7. The Morgan fingerprint density at radius 1 is 1.19 bits per heavy atom. The maximum absolute atomic E-state index is 12.5. The molecule has 6 heteroatoms. The fourth-order valence-electron chi connectivity index (χ4n) is 2.84. The van der Waals surface area contributed by atoms with Gasteiger partial charge >= 0.3 is 0 Å². The largest absolute Gasteiger partial charge is 0.460 e. The van der Waals surface area contributed by atoms with Crippen LogP contribution in [0.3, 0.4) is 0 Å². The molecule has 1 amide bonds. The van der Waals surface area contributed by atoms with Gasteiger partial charge in [-0.25, -0.2) is 9.67 Å². The number of furan rings is 1. The van der Waals surface area contributed by atoms with Gasteiger partial charge in [0.1, 0.15) is 24.0 Å². The van der Waals surface area contributed by atoms with Crippen molar-refractivity contribution in [2.24, 2.45) is 0 Å². The van der Waals surface area contributed by atoms with Crippen molar-refractivity contribution in [3.63, 3.8) is 0 Å². The molecule has 1 N–H and O–H groups in total. The summed E-state index contributed by atoms with van der Waals surface area (Å²) < 4.78 is 7.47. The van der Waals surface area contributed by atoms with E-state index in [9.17, 15) is 4.79 Å². The van der Waals surface area contributed by atoms with E-state index in [1.165, 1.54) is 6.33 Å². The molecule has 0 aliphatic carbocycles. The van der Waals surface area contributed by atoms with E-state index in [0.717, 1.165) is 22.2 Å². The van der Waals surface area contributed by atoms with E-state index in [0.29, 0.717) is 12.3 Å². The zero-order valence-corrected chi connectivity index (χ0v) is 14.3. The average Bonchev–Trinajstić information content (AvgIpc) is 3.35. The first-order valence-corrected chi connectivity index (χ1v) is 8.41. The monoisotopic (exact) mass is 346 g/mol. The summed E-state index contributed by atoms with van der Waals surface area (Å²) >= 11 is 0. The molecule has 0 aliphatic heterocycles. The van der Waals surface area contributed by atoms with Crippen molar-refractivity contribution in [2.45, 2.75) is 19.4 Å². The van der Waals surface area contributed by atoms with Gasteiger partial charge in [0.25, 0.3) is 0 Å². The van der Waals surface area contributed by atoms with Crippen molar-refractivity contribution in [3.8, 4) is 5.69 Å². The topological polar surface area (TPSA) is 73.0 Å². The molecular formula is C20H18N4O2. The minimum atomic E-state index is -0.360. The van der Waals surface area contributed by atoms with Gasteiger partial charge in [0.15, 0.2) is 0 Å². The molecule has 4 aromatic rings. The molecular weight excluding hydrogens is 328 g/mol. The van der Waals surface area contributed by atoms with Crippen molar-refractivity contribution in [2.75, 3.05) is 0 Å². The van der Waals surface area contributed by atoms with Crippen LogP contribution in [-0.2, 0) is 11.3 Å². The van der Waals surface area contributed by atoms with E-state index in [1.54, 1.807) is 11.0 Å². The molecule has 0 unspecified atom stereocenters. The molecule has 0 spiro atoms. The molecule has 0 saturated carbocycles. The van der Waals surface area contributed by atoms with E-state index < -0.39 is 0 Å². The van der Waals surface area contributed by atoms with Crippen LogP contribution in [0.2, 0.25) is 0 Å². The normalized spacial score (nSPS) is 12.2. The summed E-state index contributed by atoms with van der Waals surface area (Å²) in [4.78, 5) is 16.5. The summed E-state index contributed by atoms with van der Waals surface area (Å²) in [5, 5.41) is 8.09. The first kappa shape index (κ1) is 16.1. The third-order valence-corrected chi connectivity index (χ3v) is 4.33. The molecule has 0 bridgehead atoms. The Labute approximate surface area is 150 Å². The molecule has 130 valence electrons. The van der Waals surface area contributed by atoms with Crippen LogP contribution in [0.4, 0.5) is 0 Å². The average molecular weight is 346 g/mol. The number of carbonyl (C=O) groups is 1. The second-order valence-corrected chi connectivity index (χ2v) is 6.14. The lowest BCUT2D eigenvalue weighted by Crippen LogP contribution is -2.27. The zero-order chi connectivity index (χ0) is 17.9. The fraction of sp³-hybridized carbons (Fsp3) is 0.150. The highest BCUT2D eigenvalue weighted by molar-refractivity contribution is 5.85. The van der Waals surface area contributed by atoms with Gasteiger partial charge < -0.3 is 9.73 Å². The van der Waals surface area contributed by atoms with E-state index >= 15 is 0 Å². The van der Waals surface area contributed by atoms with Crippen LogP contribution >= 0.6 is 0 Å². The number of nitrogens with one attached hydrogen (secondary N) is 1. The summed E-state index contributed by atoms with van der Waals surface area (Å²) in [6, 6.07) is 17.5. The summed E-state index contributed by atoms with van der Waals surface area (Å²) in [6.45, 7) is 2.28. The molecule has 2 heterocycles. The van der Waals surface area contributed by atoms with Gasteiger partial charge in [0.05, 0.1) is 11.6 Å². The molecule has 26 heavy (non-hydrogen) atoms. The van der Waals surface area contributed by atoms with Gasteiger partial charge in [-0.1, -0.05) is 30.3 Å². The van der Waals surface area contributed by atoms with Gasteiger partial charge in [0, 0.05) is 11.9 Å². The molecule has 0 aliphatic rings. The van der Waals surface area contributed by atoms with Crippen molar-refractivity contribution in [1.29, 1.82) is 0 Å².